The van der Waals surface area contributed by atoms with Crippen molar-refractivity contribution < 1.29 is 4.74 Å². The van der Waals surface area contributed by atoms with E-state index in [9.17, 15) is 0 Å². The number of hydrogen-bond acceptors (Lipinski definition) is 4. The molecule has 1 aliphatic heterocycles. The van der Waals surface area contributed by atoms with Crippen LogP contribution in [-0.2, 0) is 0 Å². The Morgan fingerprint density at radius 2 is 2.29 bits per heavy atom. The molecule has 0 bridgehead atoms. The van der Waals surface area contributed by atoms with E-state index in [1.54, 1.807) is 6.20 Å². The predicted octanol–water partition coefficient (Wildman–Crippen LogP) is 5.01. The molecule has 0 amide bonds. The number of ether oxygens (including phenoxy) is 1. The summed E-state index contributed by atoms with van der Waals surface area (Å²) in [5.74, 6) is 0.871. The smallest absolute Gasteiger partial charge is 0.152 e. The van der Waals surface area contributed by atoms with Crippen molar-refractivity contribution in [1.82, 2.24) is 10.3 Å². The van der Waals surface area contributed by atoms with Gasteiger partial charge in [0.05, 0.1) is 6.20 Å². The Kier molecular flexibility index (Phi) is 4.69. The van der Waals surface area contributed by atoms with Crippen LogP contribution in [0.1, 0.15) is 42.5 Å². The van der Waals surface area contributed by atoms with E-state index in [0.29, 0.717) is 4.34 Å². The van der Waals surface area contributed by atoms with Crippen LogP contribution in [0.25, 0.3) is 0 Å². The first-order valence-corrected chi connectivity index (χ1v) is 8.55. The monoisotopic (exact) mass is 342 g/mol. The molecule has 3 nitrogen and oxygen atoms in total. The van der Waals surface area contributed by atoms with Crippen molar-refractivity contribution in [3.63, 3.8) is 0 Å². The number of nitrogens with one attached hydrogen (secondary N) is 1. The largest absolute Gasteiger partial charge is 0.483 e. The second-order valence-corrected chi connectivity index (χ2v) is 7.16. The maximum absolute atomic E-state index is 6.12. The number of nitrogens with zero attached hydrogens (tertiary/aromatic N) is 1. The Bertz CT molecular complexity index is 632. The van der Waals surface area contributed by atoms with Gasteiger partial charge in [-0.1, -0.05) is 30.1 Å². The van der Waals surface area contributed by atoms with Gasteiger partial charge in [0.15, 0.2) is 6.10 Å². The highest BCUT2D eigenvalue weighted by molar-refractivity contribution is 7.15. The van der Waals surface area contributed by atoms with Gasteiger partial charge in [-0.2, -0.15) is 0 Å². The first kappa shape index (κ1) is 15.1. The molecule has 0 aliphatic carbocycles. The van der Waals surface area contributed by atoms with E-state index in [2.05, 4.69) is 17.2 Å². The quantitative estimate of drug-likeness (QED) is 0.847. The summed E-state index contributed by atoms with van der Waals surface area (Å²) in [6, 6.07) is 5.99. The van der Waals surface area contributed by atoms with Crippen LogP contribution in [-0.4, -0.2) is 11.5 Å². The molecular formula is C15H16Cl2N2OS. The fourth-order valence-electron chi connectivity index (χ4n) is 2.52. The lowest BCUT2D eigenvalue weighted by molar-refractivity contribution is 0.151. The third-order valence-corrected chi connectivity index (χ3v) is 4.92. The molecule has 2 atom stereocenters. The van der Waals surface area contributed by atoms with Crippen LogP contribution in [0.4, 0.5) is 0 Å². The molecule has 6 heteroatoms. The molecule has 0 spiro atoms. The lowest BCUT2D eigenvalue weighted by Crippen LogP contribution is -2.29. The summed E-state index contributed by atoms with van der Waals surface area (Å²) in [6.07, 6.45) is 3.53. The molecule has 112 valence electrons. The Hall–Kier alpha value is -0.810. The van der Waals surface area contributed by atoms with E-state index >= 15 is 0 Å². The topological polar surface area (TPSA) is 34.2 Å². The second kappa shape index (κ2) is 6.53. The molecule has 21 heavy (non-hydrogen) atoms. The van der Waals surface area contributed by atoms with E-state index in [1.165, 1.54) is 11.3 Å². The van der Waals surface area contributed by atoms with Crippen molar-refractivity contribution in [2.45, 2.75) is 31.9 Å². The fourth-order valence-corrected chi connectivity index (χ4v) is 3.67. The number of hydrogen-bond donors (Lipinski definition) is 1. The zero-order chi connectivity index (χ0) is 14.8. The lowest BCUT2D eigenvalue weighted by atomic mass is 9.96. The van der Waals surface area contributed by atoms with Crippen molar-refractivity contribution in [1.29, 1.82) is 0 Å². The van der Waals surface area contributed by atoms with Crippen LogP contribution in [0.15, 0.2) is 24.4 Å². The molecule has 0 saturated heterocycles. The highest BCUT2D eigenvalue weighted by atomic mass is 35.5. The van der Waals surface area contributed by atoms with Gasteiger partial charge in [0, 0.05) is 23.0 Å². The van der Waals surface area contributed by atoms with E-state index in [-0.39, 0.29) is 12.1 Å². The maximum atomic E-state index is 6.12. The van der Waals surface area contributed by atoms with Gasteiger partial charge in [-0.3, -0.25) is 0 Å². The van der Waals surface area contributed by atoms with Crippen LogP contribution in [0, 0.1) is 0 Å². The summed E-state index contributed by atoms with van der Waals surface area (Å²) < 4.78 is 6.78. The molecular weight excluding hydrogens is 327 g/mol. The van der Waals surface area contributed by atoms with Crippen LogP contribution in [0.3, 0.4) is 0 Å². The molecule has 0 fully saturated rings. The summed E-state index contributed by atoms with van der Waals surface area (Å²) in [6.45, 7) is 3.12. The van der Waals surface area contributed by atoms with Crippen molar-refractivity contribution in [3.05, 3.63) is 44.3 Å². The number of thiazole rings is 1. The van der Waals surface area contributed by atoms with Crippen molar-refractivity contribution in [2.24, 2.45) is 0 Å². The zero-order valence-electron chi connectivity index (χ0n) is 11.6. The minimum absolute atomic E-state index is 0.0643. The highest BCUT2D eigenvalue weighted by Crippen LogP contribution is 2.43. The third-order valence-electron chi connectivity index (χ3n) is 3.48. The molecule has 1 aromatic carbocycles. The van der Waals surface area contributed by atoms with E-state index in [4.69, 9.17) is 27.9 Å². The number of aromatic nitrogens is 1. The van der Waals surface area contributed by atoms with E-state index in [1.807, 2.05) is 18.2 Å². The molecule has 2 unspecified atom stereocenters. The first-order chi connectivity index (χ1) is 10.2. The molecule has 1 aromatic heterocycles. The van der Waals surface area contributed by atoms with E-state index < -0.39 is 0 Å². The lowest BCUT2D eigenvalue weighted by Gasteiger charge is -2.32. The average Bonchev–Trinajstić information content (AvgIpc) is 2.91. The number of halogens is 2. The number of fused-ring (bicyclic) bond motifs is 1. The SMILES string of the molecule is CCCNC1CC(c2ncc(Cl)s2)Oc2ccc(Cl)cc21. The standard InChI is InChI=1S/C15H16Cl2N2OS/c1-2-5-18-11-7-13(15-19-8-14(17)21-15)20-12-4-3-9(16)6-10(11)12/h3-4,6,8,11,13,18H,2,5,7H2,1H3. The molecule has 3 rings (SSSR count). The van der Waals surface area contributed by atoms with Gasteiger partial charge >= 0.3 is 0 Å². The predicted molar refractivity (Wildman–Crippen MR) is 87.6 cm³/mol. The minimum atomic E-state index is -0.0643. The van der Waals surface area contributed by atoms with Crippen LogP contribution >= 0.6 is 34.5 Å². The van der Waals surface area contributed by atoms with Gasteiger partial charge < -0.3 is 10.1 Å². The Labute approximate surface area is 138 Å². The van der Waals surface area contributed by atoms with E-state index in [0.717, 1.165) is 40.7 Å². The third kappa shape index (κ3) is 3.34. The van der Waals surface area contributed by atoms with Crippen LogP contribution in [0.5, 0.6) is 5.75 Å². The molecule has 2 heterocycles. The Balaban J connectivity index is 1.90. The molecule has 0 radical (unpaired) electrons. The van der Waals surface area contributed by atoms with Gasteiger partial charge in [0.2, 0.25) is 0 Å². The first-order valence-electron chi connectivity index (χ1n) is 6.98. The summed E-state index contributed by atoms with van der Waals surface area (Å²) in [7, 11) is 0. The fraction of sp³-hybridized carbons (Fsp3) is 0.400. The molecule has 1 aliphatic rings. The summed E-state index contributed by atoms with van der Waals surface area (Å²) in [5.41, 5.74) is 1.12. The highest BCUT2D eigenvalue weighted by Gasteiger charge is 2.30. The summed E-state index contributed by atoms with van der Waals surface area (Å²) in [5, 5.41) is 5.22. The Morgan fingerprint density at radius 3 is 3.00 bits per heavy atom. The minimum Gasteiger partial charge on any atom is -0.483 e. The molecule has 2 aromatic rings. The van der Waals surface area contributed by atoms with Gasteiger partial charge in [-0.25, -0.2) is 4.98 Å². The summed E-state index contributed by atoms with van der Waals surface area (Å²) >= 11 is 13.6. The van der Waals surface area contributed by atoms with Gasteiger partial charge in [-0.15, -0.1) is 11.3 Å². The van der Waals surface area contributed by atoms with Gasteiger partial charge in [-0.05, 0) is 31.2 Å². The van der Waals surface area contributed by atoms with Crippen molar-refractivity contribution in [2.75, 3.05) is 6.54 Å². The number of rotatable bonds is 4. The maximum Gasteiger partial charge on any atom is 0.152 e. The van der Waals surface area contributed by atoms with Gasteiger partial charge in [0.1, 0.15) is 15.1 Å². The van der Waals surface area contributed by atoms with Crippen molar-refractivity contribution in [3.8, 4) is 5.75 Å². The normalized spacial score (nSPS) is 20.9. The second-order valence-electron chi connectivity index (χ2n) is 5.03. The van der Waals surface area contributed by atoms with Crippen molar-refractivity contribution >= 4 is 34.5 Å². The Morgan fingerprint density at radius 1 is 1.43 bits per heavy atom. The van der Waals surface area contributed by atoms with Crippen LogP contribution in [0.2, 0.25) is 9.36 Å². The summed E-state index contributed by atoms with van der Waals surface area (Å²) in [4.78, 5) is 4.35. The molecule has 0 saturated carbocycles. The molecule has 1 N–H and O–H groups in total. The average molecular weight is 343 g/mol. The zero-order valence-corrected chi connectivity index (χ0v) is 13.9. The number of benzene rings is 1. The van der Waals surface area contributed by atoms with Crippen LogP contribution < -0.4 is 10.1 Å². The van der Waals surface area contributed by atoms with Gasteiger partial charge in [0.25, 0.3) is 0 Å².